The lowest BCUT2D eigenvalue weighted by Gasteiger charge is -2.07. The summed E-state index contributed by atoms with van der Waals surface area (Å²) in [5, 5.41) is 6.28. The van der Waals surface area contributed by atoms with Gasteiger partial charge in [-0.25, -0.2) is 4.98 Å². The predicted molar refractivity (Wildman–Crippen MR) is 75.7 cm³/mol. The lowest BCUT2D eigenvalue weighted by Crippen LogP contribution is -2.23. The normalized spacial score (nSPS) is 13.2. The largest absolute Gasteiger partial charge is 0.352 e. The van der Waals surface area contributed by atoms with Crippen molar-refractivity contribution in [3.8, 4) is 0 Å². The number of fused-ring (bicyclic) bond motifs is 1. The number of hydrogen-bond acceptors (Lipinski definition) is 3. The number of amides is 1. The molecule has 1 amide bonds. The van der Waals surface area contributed by atoms with Gasteiger partial charge in [0.1, 0.15) is 0 Å². The molecule has 0 bridgehead atoms. The van der Waals surface area contributed by atoms with Gasteiger partial charge < -0.3 is 15.2 Å². The fourth-order valence-corrected chi connectivity index (χ4v) is 2.40. The number of aryl methyl sites for hydroxylation is 1. The molecule has 104 valence electrons. The van der Waals surface area contributed by atoms with Crippen LogP contribution in [-0.4, -0.2) is 15.5 Å². The molecule has 3 rings (SSSR count). The van der Waals surface area contributed by atoms with Crippen LogP contribution in [0, 0.1) is 0 Å². The minimum Gasteiger partial charge on any atom is -0.352 e. The van der Waals surface area contributed by atoms with Gasteiger partial charge in [-0.15, -0.1) is 0 Å². The van der Waals surface area contributed by atoms with E-state index in [1.807, 2.05) is 10.8 Å². The molecule has 0 fully saturated rings. The minimum absolute atomic E-state index is 0.0670. The second-order valence-electron chi connectivity index (χ2n) is 5.03. The van der Waals surface area contributed by atoms with Crippen LogP contribution in [0.1, 0.15) is 23.1 Å². The first-order valence-electron chi connectivity index (χ1n) is 6.85. The van der Waals surface area contributed by atoms with Gasteiger partial charge in [-0.3, -0.25) is 4.79 Å². The Kier molecular flexibility index (Phi) is 3.78. The molecule has 0 radical (unpaired) electrons. The maximum Gasteiger partial charge on any atom is 0.222 e. The van der Waals surface area contributed by atoms with E-state index in [0.717, 1.165) is 18.7 Å². The number of nitrogens with zero attached hydrogens (tertiary/aromatic N) is 2. The smallest absolute Gasteiger partial charge is 0.222 e. The molecule has 0 saturated heterocycles. The average Bonchev–Trinajstić information content (AvgIpc) is 3.13. The summed E-state index contributed by atoms with van der Waals surface area (Å²) in [4.78, 5) is 15.7. The molecule has 1 aromatic heterocycles. The topological polar surface area (TPSA) is 59.0 Å². The Bertz CT molecular complexity index is 592. The Hall–Kier alpha value is -2.14. The highest BCUT2D eigenvalue weighted by atomic mass is 16.1. The van der Waals surface area contributed by atoms with Gasteiger partial charge in [0.05, 0.1) is 6.33 Å². The summed E-state index contributed by atoms with van der Waals surface area (Å²) in [6.07, 6.45) is 5.78. The van der Waals surface area contributed by atoms with Crippen molar-refractivity contribution < 1.29 is 4.79 Å². The minimum atomic E-state index is 0.0670. The Morgan fingerprint density at radius 1 is 1.35 bits per heavy atom. The van der Waals surface area contributed by atoms with E-state index in [9.17, 15) is 4.79 Å². The van der Waals surface area contributed by atoms with Crippen LogP contribution in [0.5, 0.6) is 0 Å². The summed E-state index contributed by atoms with van der Waals surface area (Å²) in [6, 6.07) is 6.40. The van der Waals surface area contributed by atoms with Crippen LogP contribution < -0.4 is 10.6 Å². The highest BCUT2D eigenvalue weighted by Gasteiger charge is 2.10. The van der Waals surface area contributed by atoms with E-state index in [4.69, 9.17) is 0 Å². The van der Waals surface area contributed by atoms with Crippen molar-refractivity contribution in [2.45, 2.75) is 32.6 Å². The first-order valence-corrected chi connectivity index (χ1v) is 6.85. The number of carbonyl (C=O) groups excluding carboxylic acids is 1. The Morgan fingerprint density at radius 2 is 2.25 bits per heavy atom. The number of nitrogens with one attached hydrogen (secondary N) is 2. The fourth-order valence-electron chi connectivity index (χ4n) is 2.40. The van der Waals surface area contributed by atoms with E-state index in [-0.39, 0.29) is 5.91 Å². The molecule has 5 nitrogen and oxygen atoms in total. The SMILES string of the molecule is O=C(CCn1ccnc1)NCc1ccc2c(c1)CNC2. The average molecular weight is 270 g/mol. The second-order valence-corrected chi connectivity index (χ2v) is 5.03. The number of benzene rings is 1. The van der Waals surface area contributed by atoms with E-state index in [2.05, 4.69) is 33.8 Å². The molecule has 2 N–H and O–H groups in total. The van der Waals surface area contributed by atoms with Crippen molar-refractivity contribution in [1.29, 1.82) is 0 Å². The summed E-state index contributed by atoms with van der Waals surface area (Å²) in [7, 11) is 0. The van der Waals surface area contributed by atoms with Crippen LogP contribution in [0.4, 0.5) is 0 Å². The van der Waals surface area contributed by atoms with Crippen molar-refractivity contribution in [3.63, 3.8) is 0 Å². The highest BCUT2D eigenvalue weighted by molar-refractivity contribution is 5.75. The third kappa shape index (κ3) is 3.05. The Morgan fingerprint density at radius 3 is 3.10 bits per heavy atom. The predicted octanol–water partition coefficient (Wildman–Crippen LogP) is 1.19. The van der Waals surface area contributed by atoms with Gasteiger partial charge in [0.15, 0.2) is 0 Å². The van der Waals surface area contributed by atoms with Crippen LogP contribution in [-0.2, 0) is 31.0 Å². The lowest BCUT2D eigenvalue weighted by atomic mass is 10.1. The molecule has 5 heteroatoms. The highest BCUT2D eigenvalue weighted by Crippen LogP contribution is 2.16. The van der Waals surface area contributed by atoms with Crippen LogP contribution in [0.25, 0.3) is 0 Å². The summed E-state index contributed by atoms with van der Waals surface area (Å²) >= 11 is 0. The standard InChI is InChI=1S/C15H18N4O/c20-15(3-5-19-6-4-16-11-19)18-8-12-1-2-13-9-17-10-14(13)7-12/h1-2,4,6-7,11,17H,3,5,8-10H2,(H,18,20). The third-order valence-corrected chi connectivity index (χ3v) is 3.55. The lowest BCUT2D eigenvalue weighted by molar-refractivity contribution is -0.121. The molecule has 1 aromatic carbocycles. The number of aromatic nitrogens is 2. The number of rotatable bonds is 5. The zero-order valence-corrected chi connectivity index (χ0v) is 11.3. The van der Waals surface area contributed by atoms with Gasteiger partial charge in [-0.05, 0) is 16.7 Å². The van der Waals surface area contributed by atoms with Crippen LogP contribution >= 0.6 is 0 Å². The molecule has 0 spiro atoms. The molecule has 20 heavy (non-hydrogen) atoms. The molecule has 0 unspecified atom stereocenters. The van der Waals surface area contributed by atoms with Gasteiger partial charge in [0, 0.05) is 45.0 Å². The van der Waals surface area contributed by atoms with Crippen molar-refractivity contribution in [2.24, 2.45) is 0 Å². The number of imidazole rings is 1. The van der Waals surface area contributed by atoms with Crippen LogP contribution in [0.3, 0.4) is 0 Å². The van der Waals surface area contributed by atoms with Gasteiger partial charge in [0.25, 0.3) is 0 Å². The summed E-state index contributed by atoms with van der Waals surface area (Å²) in [6.45, 7) is 3.14. The maximum atomic E-state index is 11.8. The van der Waals surface area contributed by atoms with E-state index in [1.54, 1.807) is 12.5 Å². The van der Waals surface area contributed by atoms with Crippen molar-refractivity contribution >= 4 is 5.91 Å². The first kappa shape index (κ1) is 12.9. The van der Waals surface area contributed by atoms with Crippen LogP contribution in [0.15, 0.2) is 36.9 Å². The van der Waals surface area contributed by atoms with Crippen LogP contribution in [0.2, 0.25) is 0 Å². The van der Waals surface area contributed by atoms with E-state index >= 15 is 0 Å². The zero-order valence-electron chi connectivity index (χ0n) is 11.3. The van der Waals surface area contributed by atoms with Gasteiger partial charge in [-0.1, -0.05) is 18.2 Å². The Balaban J connectivity index is 1.48. The molecular formula is C15H18N4O. The summed E-state index contributed by atoms with van der Waals surface area (Å²) in [5.41, 5.74) is 3.86. The van der Waals surface area contributed by atoms with E-state index < -0.39 is 0 Å². The monoisotopic (exact) mass is 270 g/mol. The first-order chi connectivity index (χ1) is 9.81. The Labute approximate surface area is 118 Å². The summed E-state index contributed by atoms with van der Waals surface area (Å²) in [5.74, 6) is 0.0670. The van der Waals surface area contributed by atoms with Crippen molar-refractivity contribution in [2.75, 3.05) is 0 Å². The number of hydrogen-bond donors (Lipinski definition) is 2. The zero-order chi connectivity index (χ0) is 13.8. The maximum absolute atomic E-state index is 11.8. The molecule has 0 atom stereocenters. The van der Waals surface area contributed by atoms with Crippen molar-refractivity contribution in [3.05, 3.63) is 53.6 Å². The van der Waals surface area contributed by atoms with Gasteiger partial charge in [-0.2, -0.15) is 0 Å². The van der Waals surface area contributed by atoms with Crippen molar-refractivity contribution in [1.82, 2.24) is 20.2 Å². The molecular weight excluding hydrogens is 252 g/mol. The van der Waals surface area contributed by atoms with E-state index in [0.29, 0.717) is 19.5 Å². The second kappa shape index (κ2) is 5.88. The molecule has 2 aromatic rings. The molecule has 2 heterocycles. The fraction of sp³-hybridized carbons (Fsp3) is 0.333. The van der Waals surface area contributed by atoms with E-state index in [1.165, 1.54) is 11.1 Å². The van der Waals surface area contributed by atoms with Gasteiger partial charge in [0.2, 0.25) is 5.91 Å². The molecule has 0 saturated carbocycles. The molecule has 1 aliphatic heterocycles. The molecule has 0 aliphatic carbocycles. The third-order valence-electron chi connectivity index (χ3n) is 3.55. The quantitative estimate of drug-likeness (QED) is 0.858. The van der Waals surface area contributed by atoms with Gasteiger partial charge >= 0.3 is 0 Å². The molecule has 1 aliphatic rings. The summed E-state index contributed by atoms with van der Waals surface area (Å²) < 4.78 is 1.90. The number of carbonyl (C=O) groups is 1.